The van der Waals surface area contributed by atoms with Crippen LogP contribution in [0.1, 0.15) is 23.7 Å². The van der Waals surface area contributed by atoms with Crippen LogP contribution in [0.5, 0.6) is 0 Å². The molecule has 1 aromatic rings. The molecule has 0 saturated carbocycles. The van der Waals surface area contributed by atoms with Crippen LogP contribution in [0.15, 0.2) is 30.4 Å². The Bertz CT molecular complexity index is 440. The first kappa shape index (κ1) is 10.9. The third kappa shape index (κ3) is 1.98. The second-order valence-electron chi connectivity index (χ2n) is 3.90. The van der Waals surface area contributed by atoms with Gasteiger partial charge in [-0.1, -0.05) is 18.2 Å². The maximum atomic E-state index is 13.8. The Kier molecular flexibility index (Phi) is 3.04. The van der Waals surface area contributed by atoms with E-state index in [-0.39, 0.29) is 11.6 Å². The summed E-state index contributed by atoms with van der Waals surface area (Å²) in [6.45, 7) is 2.90. The summed E-state index contributed by atoms with van der Waals surface area (Å²) in [5, 5.41) is 0. The van der Waals surface area contributed by atoms with Crippen molar-refractivity contribution in [3.63, 3.8) is 0 Å². The number of benzene rings is 1. The number of hydrogen-bond acceptors (Lipinski definition) is 2. The number of carbonyl (C=O) groups excluding carboxylic acids is 1. The molecule has 16 heavy (non-hydrogen) atoms. The molecule has 1 aliphatic rings. The number of Topliss-reactive ketones (excluding diaryl/α,β-unsaturated/α-hetero) is 1. The van der Waals surface area contributed by atoms with E-state index in [1.54, 1.807) is 12.1 Å². The number of para-hydroxylation sites is 1. The number of rotatable bonds is 2. The molecule has 0 atom stereocenters. The SMILES string of the molecule is CC(=O)c1cccc(F)c1N1CC=CCC1. The molecule has 0 aliphatic carbocycles. The maximum absolute atomic E-state index is 13.8. The molecule has 0 bridgehead atoms. The summed E-state index contributed by atoms with van der Waals surface area (Å²) < 4.78 is 13.8. The lowest BCUT2D eigenvalue weighted by Gasteiger charge is -2.27. The first-order chi connectivity index (χ1) is 7.70. The lowest BCUT2D eigenvalue weighted by molar-refractivity contribution is 0.101. The van der Waals surface area contributed by atoms with E-state index in [2.05, 4.69) is 6.08 Å². The topological polar surface area (TPSA) is 20.3 Å². The molecule has 0 amide bonds. The van der Waals surface area contributed by atoms with E-state index in [0.717, 1.165) is 13.0 Å². The average molecular weight is 219 g/mol. The molecule has 0 radical (unpaired) electrons. The van der Waals surface area contributed by atoms with Gasteiger partial charge in [-0.3, -0.25) is 4.79 Å². The molecular formula is C13H14FNO. The zero-order chi connectivity index (χ0) is 11.5. The molecule has 1 aliphatic heterocycles. The van der Waals surface area contributed by atoms with Crippen LogP contribution in [-0.4, -0.2) is 18.9 Å². The third-order valence-corrected chi connectivity index (χ3v) is 2.74. The largest absolute Gasteiger partial charge is 0.365 e. The van der Waals surface area contributed by atoms with Gasteiger partial charge in [0.1, 0.15) is 5.82 Å². The van der Waals surface area contributed by atoms with Gasteiger partial charge in [0.25, 0.3) is 0 Å². The number of hydrogen-bond donors (Lipinski definition) is 0. The molecule has 2 rings (SSSR count). The van der Waals surface area contributed by atoms with Gasteiger partial charge in [0, 0.05) is 18.7 Å². The van der Waals surface area contributed by atoms with Gasteiger partial charge >= 0.3 is 0 Å². The molecule has 0 aromatic heterocycles. The van der Waals surface area contributed by atoms with Gasteiger partial charge in [-0.25, -0.2) is 4.39 Å². The summed E-state index contributed by atoms with van der Waals surface area (Å²) in [5.41, 5.74) is 0.912. The van der Waals surface area contributed by atoms with Crippen molar-refractivity contribution in [3.8, 4) is 0 Å². The van der Waals surface area contributed by atoms with Gasteiger partial charge in [0.15, 0.2) is 5.78 Å². The normalized spacial score (nSPS) is 15.2. The smallest absolute Gasteiger partial charge is 0.161 e. The fourth-order valence-corrected chi connectivity index (χ4v) is 1.97. The lowest BCUT2D eigenvalue weighted by atomic mass is 10.1. The highest BCUT2D eigenvalue weighted by atomic mass is 19.1. The molecule has 1 aromatic carbocycles. The molecule has 0 N–H and O–H groups in total. The first-order valence-electron chi connectivity index (χ1n) is 5.39. The average Bonchev–Trinajstić information content (AvgIpc) is 2.29. The number of carbonyl (C=O) groups is 1. The number of nitrogens with zero attached hydrogens (tertiary/aromatic N) is 1. The Morgan fingerprint density at radius 2 is 2.19 bits per heavy atom. The van der Waals surface area contributed by atoms with Gasteiger partial charge < -0.3 is 4.90 Å². The minimum atomic E-state index is -0.317. The Morgan fingerprint density at radius 3 is 2.81 bits per heavy atom. The summed E-state index contributed by atoms with van der Waals surface area (Å²) in [7, 11) is 0. The monoisotopic (exact) mass is 219 g/mol. The van der Waals surface area contributed by atoms with E-state index in [1.165, 1.54) is 13.0 Å². The van der Waals surface area contributed by atoms with E-state index < -0.39 is 0 Å². The van der Waals surface area contributed by atoms with Gasteiger partial charge in [-0.15, -0.1) is 0 Å². The van der Waals surface area contributed by atoms with Gasteiger partial charge in [-0.2, -0.15) is 0 Å². The fourth-order valence-electron chi connectivity index (χ4n) is 1.97. The van der Waals surface area contributed by atoms with Crippen molar-refractivity contribution < 1.29 is 9.18 Å². The number of anilines is 1. The Morgan fingerprint density at radius 1 is 1.38 bits per heavy atom. The summed E-state index contributed by atoms with van der Waals surface area (Å²) in [4.78, 5) is 13.4. The van der Waals surface area contributed by atoms with E-state index in [4.69, 9.17) is 0 Å². The Hall–Kier alpha value is -1.64. The van der Waals surface area contributed by atoms with Crippen molar-refractivity contribution in [1.29, 1.82) is 0 Å². The fraction of sp³-hybridized carbons (Fsp3) is 0.308. The quantitative estimate of drug-likeness (QED) is 0.563. The van der Waals surface area contributed by atoms with E-state index in [0.29, 0.717) is 17.8 Å². The van der Waals surface area contributed by atoms with Crippen molar-refractivity contribution in [2.75, 3.05) is 18.0 Å². The van der Waals surface area contributed by atoms with Crippen molar-refractivity contribution in [2.24, 2.45) is 0 Å². The van der Waals surface area contributed by atoms with Crippen molar-refractivity contribution in [3.05, 3.63) is 41.7 Å². The molecule has 3 heteroatoms. The number of ketones is 1. The van der Waals surface area contributed by atoms with Crippen LogP contribution in [0, 0.1) is 5.82 Å². The van der Waals surface area contributed by atoms with Crippen molar-refractivity contribution >= 4 is 11.5 Å². The first-order valence-corrected chi connectivity index (χ1v) is 5.39. The summed E-state index contributed by atoms with van der Waals surface area (Å²) in [6.07, 6.45) is 4.97. The number of halogens is 1. The Labute approximate surface area is 94.4 Å². The Balaban J connectivity index is 2.44. The highest BCUT2D eigenvalue weighted by molar-refractivity contribution is 5.99. The molecule has 0 fully saturated rings. The van der Waals surface area contributed by atoms with Crippen LogP contribution >= 0.6 is 0 Å². The molecule has 0 spiro atoms. The highest BCUT2D eigenvalue weighted by Gasteiger charge is 2.18. The van der Waals surface area contributed by atoms with Crippen LogP contribution < -0.4 is 4.90 Å². The van der Waals surface area contributed by atoms with E-state index >= 15 is 0 Å². The summed E-state index contributed by atoms with van der Waals surface area (Å²) in [5.74, 6) is -0.410. The van der Waals surface area contributed by atoms with Crippen LogP contribution in [0.2, 0.25) is 0 Å². The summed E-state index contributed by atoms with van der Waals surface area (Å²) >= 11 is 0. The predicted octanol–water partition coefficient (Wildman–Crippen LogP) is 2.79. The minimum Gasteiger partial charge on any atom is -0.365 e. The second-order valence-corrected chi connectivity index (χ2v) is 3.90. The standard InChI is InChI=1S/C13H14FNO/c1-10(16)11-6-5-7-12(14)13(11)15-8-3-2-4-9-15/h2-3,5-7H,4,8-9H2,1H3. The van der Waals surface area contributed by atoms with Crippen molar-refractivity contribution in [1.82, 2.24) is 0 Å². The van der Waals surface area contributed by atoms with E-state index in [1.807, 2.05) is 11.0 Å². The van der Waals surface area contributed by atoms with Crippen LogP contribution in [0.3, 0.4) is 0 Å². The lowest BCUT2D eigenvalue weighted by Crippen LogP contribution is -2.29. The maximum Gasteiger partial charge on any atom is 0.161 e. The molecule has 1 heterocycles. The van der Waals surface area contributed by atoms with Gasteiger partial charge in [0.05, 0.1) is 5.69 Å². The molecule has 0 saturated heterocycles. The predicted molar refractivity (Wildman–Crippen MR) is 62.4 cm³/mol. The zero-order valence-electron chi connectivity index (χ0n) is 9.24. The molecular weight excluding hydrogens is 205 g/mol. The van der Waals surface area contributed by atoms with Crippen LogP contribution in [0.25, 0.3) is 0 Å². The van der Waals surface area contributed by atoms with E-state index in [9.17, 15) is 9.18 Å². The third-order valence-electron chi connectivity index (χ3n) is 2.74. The molecule has 2 nitrogen and oxygen atoms in total. The van der Waals surface area contributed by atoms with Crippen LogP contribution in [-0.2, 0) is 0 Å². The van der Waals surface area contributed by atoms with Crippen molar-refractivity contribution in [2.45, 2.75) is 13.3 Å². The van der Waals surface area contributed by atoms with Gasteiger partial charge in [0.2, 0.25) is 0 Å². The zero-order valence-corrected chi connectivity index (χ0v) is 9.24. The molecule has 0 unspecified atom stereocenters. The summed E-state index contributed by atoms with van der Waals surface area (Å²) in [6, 6.07) is 4.66. The second kappa shape index (κ2) is 4.47. The van der Waals surface area contributed by atoms with Crippen LogP contribution in [0.4, 0.5) is 10.1 Å². The molecule has 84 valence electrons. The minimum absolute atomic E-state index is 0.0935. The van der Waals surface area contributed by atoms with Gasteiger partial charge in [-0.05, 0) is 25.5 Å². The highest BCUT2D eigenvalue weighted by Crippen LogP contribution is 2.26.